The second-order valence-electron chi connectivity index (χ2n) is 8.24. The molecule has 0 spiro atoms. The lowest BCUT2D eigenvalue weighted by molar-refractivity contribution is -0.116. The van der Waals surface area contributed by atoms with Crippen LogP contribution < -0.4 is 15.9 Å². The molecule has 8 heteroatoms. The Balaban J connectivity index is 1.56. The van der Waals surface area contributed by atoms with E-state index in [1.807, 2.05) is 61.5 Å². The van der Waals surface area contributed by atoms with E-state index in [1.165, 1.54) is 0 Å². The van der Waals surface area contributed by atoms with Crippen LogP contribution in [0.5, 0.6) is 0 Å². The summed E-state index contributed by atoms with van der Waals surface area (Å²) in [6.07, 6.45) is 2.78. The SMILES string of the molecule is CCCCCSC1=NN2C(=c3ccccc3=NC2c2ccc(-c3cccc(Cl)c3C)o2)C(=O)N1. The van der Waals surface area contributed by atoms with E-state index >= 15 is 0 Å². The van der Waals surface area contributed by atoms with Crippen LogP contribution in [-0.4, -0.2) is 21.8 Å². The van der Waals surface area contributed by atoms with Crippen molar-refractivity contribution in [2.24, 2.45) is 10.1 Å². The molecule has 1 atom stereocenters. The zero-order valence-electron chi connectivity index (χ0n) is 19.0. The number of nitrogens with one attached hydrogen (secondary N) is 1. The van der Waals surface area contributed by atoms with Crippen LogP contribution in [-0.2, 0) is 4.79 Å². The third-order valence-electron chi connectivity index (χ3n) is 5.92. The van der Waals surface area contributed by atoms with Crippen molar-refractivity contribution in [2.75, 3.05) is 5.75 Å². The number of fused-ring (bicyclic) bond motifs is 2. The molecule has 34 heavy (non-hydrogen) atoms. The quantitative estimate of drug-likeness (QED) is 0.493. The smallest absolute Gasteiger partial charge is 0.276 e. The number of thioether (sulfide) groups is 1. The monoisotopic (exact) mass is 492 g/mol. The predicted molar refractivity (Wildman–Crippen MR) is 137 cm³/mol. The maximum Gasteiger partial charge on any atom is 0.276 e. The number of hydrogen-bond acceptors (Lipinski definition) is 6. The fraction of sp³-hybridized carbons (Fsp3) is 0.269. The molecule has 1 unspecified atom stereocenters. The van der Waals surface area contributed by atoms with Gasteiger partial charge in [0.2, 0.25) is 6.17 Å². The molecule has 174 valence electrons. The fourth-order valence-electron chi connectivity index (χ4n) is 4.11. The normalized spacial score (nSPS) is 17.0. The summed E-state index contributed by atoms with van der Waals surface area (Å²) in [5.41, 5.74) is 2.35. The minimum atomic E-state index is -0.588. The van der Waals surface area contributed by atoms with Crippen molar-refractivity contribution >= 4 is 40.1 Å². The molecule has 0 bridgehead atoms. The highest BCUT2D eigenvalue weighted by molar-refractivity contribution is 8.13. The first-order valence-corrected chi connectivity index (χ1v) is 12.8. The summed E-state index contributed by atoms with van der Waals surface area (Å²) in [5, 5.41) is 12.2. The number of amides is 1. The summed E-state index contributed by atoms with van der Waals surface area (Å²) in [5.74, 6) is 2.02. The lowest BCUT2D eigenvalue weighted by atomic mass is 10.1. The molecular weight excluding hydrogens is 468 g/mol. The van der Waals surface area contributed by atoms with Crippen LogP contribution in [0.4, 0.5) is 0 Å². The summed E-state index contributed by atoms with van der Waals surface area (Å²) in [4.78, 5) is 18.1. The van der Waals surface area contributed by atoms with Crippen molar-refractivity contribution in [1.29, 1.82) is 0 Å². The number of carbonyl (C=O) groups excluding carboxylic acids is 1. The molecule has 1 amide bonds. The summed E-state index contributed by atoms with van der Waals surface area (Å²) >= 11 is 7.88. The maximum absolute atomic E-state index is 13.2. The van der Waals surface area contributed by atoms with Gasteiger partial charge in [-0.2, -0.15) is 0 Å². The van der Waals surface area contributed by atoms with Crippen molar-refractivity contribution in [1.82, 2.24) is 10.3 Å². The first kappa shape index (κ1) is 22.7. The third kappa shape index (κ3) is 4.26. The average Bonchev–Trinajstić information content (AvgIpc) is 3.32. The van der Waals surface area contributed by atoms with E-state index < -0.39 is 6.17 Å². The Labute approximate surface area is 207 Å². The lowest BCUT2D eigenvalue weighted by Gasteiger charge is -2.32. The molecule has 0 fully saturated rings. The molecule has 1 N–H and O–H groups in total. The molecule has 1 aromatic heterocycles. The number of amidine groups is 1. The highest BCUT2D eigenvalue weighted by atomic mass is 35.5. The van der Waals surface area contributed by atoms with Gasteiger partial charge in [-0.25, -0.2) is 10.0 Å². The summed E-state index contributed by atoms with van der Waals surface area (Å²) in [6, 6.07) is 17.2. The molecule has 6 nitrogen and oxygen atoms in total. The molecule has 2 aliphatic rings. The van der Waals surface area contributed by atoms with E-state index in [0.29, 0.717) is 27.4 Å². The zero-order chi connectivity index (χ0) is 23.7. The number of halogens is 1. The van der Waals surface area contributed by atoms with Crippen LogP contribution in [0.2, 0.25) is 5.02 Å². The van der Waals surface area contributed by atoms with Crippen LogP contribution in [0, 0.1) is 6.92 Å². The van der Waals surface area contributed by atoms with Gasteiger partial charge < -0.3 is 4.42 Å². The van der Waals surface area contributed by atoms with E-state index in [-0.39, 0.29) is 5.91 Å². The average molecular weight is 493 g/mol. The number of benzene rings is 2. The Kier molecular flexibility index (Phi) is 6.48. The number of para-hydroxylation sites is 1. The predicted octanol–water partition coefficient (Wildman–Crippen LogP) is 4.97. The first-order valence-electron chi connectivity index (χ1n) is 11.4. The second-order valence-corrected chi connectivity index (χ2v) is 9.73. The molecule has 3 aromatic rings. The molecular formula is C26H25ClN4O2S. The molecule has 2 aliphatic heterocycles. The highest BCUT2D eigenvalue weighted by Crippen LogP contribution is 2.35. The van der Waals surface area contributed by atoms with Gasteiger partial charge in [-0.3, -0.25) is 10.1 Å². The third-order valence-corrected chi connectivity index (χ3v) is 7.28. The Bertz CT molecular complexity index is 1400. The zero-order valence-corrected chi connectivity index (χ0v) is 20.6. The molecule has 0 saturated carbocycles. The van der Waals surface area contributed by atoms with E-state index in [2.05, 4.69) is 12.2 Å². The molecule has 3 heterocycles. The Morgan fingerprint density at radius 1 is 1.12 bits per heavy atom. The second kappa shape index (κ2) is 9.68. The van der Waals surface area contributed by atoms with Gasteiger partial charge in [0.25, 0.3) is 5.91 Å². The molecule has 2 aromatic carbocycles. The van der Waals surface area contributed by atoms with E-state index in [1.54, 1.807) is 16.8 Å². The molecule has 5 rings (SSSR count). The maximum atomic E-state index is 13.2. The number of furan rings is 1. The van der Waals surface area contributed by atoms with Crippen molar-refractivity contribution < 1.29 is 9.21 Å². The van der Waals surface area contributed by atoms with Gasteiger partial charge in [-0.1, -0.05) is 73.5 Å². The van der Waals surface area contributed by atoms with Crippen LogP contribution in [0.3, 0.4) is 0 Å². The van der Waals surface area contributed by atoms with Gasteiger partial charge in [0.1, 0.15) is 11.5 Å². The van der Waals surface area contributed by atoms with Crippen molar-refractivity contribution in [3.63, 3.8) is 0 Å². The summed E-state index contributed by atoms with van der Waals surface area (Å²) in [7, 11) is 0. The minimum absolute atomic E-state index is 0.183. The van der Waals surface area contributed by atoms with Gasteiger partial charge >= 0.3 is 0 Å². The van der Waals surface area contributed by atoms with Gasteiger partial charge in [0, 0.05) is 21.6 Å². The largest absolute Gasteiger partial charge is 0.457 e. The van der Waals surface area contributed by atoms with Crippen molar-refractivity contribution in [3.05, 3.63) is 81.5 Å². The van der Waals surface area contributed by atoms with Gasteiger partial charge in [0.05, 0.1) is 5.36 Å². The fourth-order valence-corrected chi connectivity index (χ4v) is 5.14. The van der Waals surface area contributed by atoms with Gasteiger partial charge in [-0.15, -0.1) is 5.10 Å². The first-order chi connectivity index (χ1) is 16.6. The molecule has 0 aliphatic carbocycles. The van der Waals surface area contributed by atoms with Crippen LogP contribution in [0.1, 0.15) is 43.7 Å². The summed E-state index contributed by atoms with van der Waals surface area (Å²) < 4.78 is 6.28. The molecule has 0 radical (unpaired) electrons. The number of nitrogens with zero attached hydrogens (tertiary/aromatic N) is 3. The van der Waals surface area contributed by atoms with Crippen LogP contribution in [0.15, 0.2) is 69.1 Å². The summed E-state index contributed by atoms with van der Waals surface area (Å²) in [6.45, 7) is 4.14. The standard InChI is InChI=1S/C26H25ClN4O2S/c1-3-4-7-15-34-26-29-25(32)23-18-9-5-6-12-20(18)28-24(31(23)30-26)22-14-13-21(33-22)17-10-8-11-19(27)16(17)2/h5-6,8-14,24H,3-4,7,15H2,1-2H3,(H,29,30,32). The van der Waals surface area contributed by atoms with Crippen LogP contribution in [0.25, 0.3) is 17.0 Å². The van der Waals surface area contributed by atoms with Crippen molar-refractivity contribution in [3.8, 4) is 11.3 Å². The van der Waals surface area contributed by atoms with E-state index in [0.717, 1.165) is 46.7 Å². The highest BCUT2D eigenvalue weighted by Gasteiger charge is 2.36. The Morgan fingerprint density at radius 3 is 2.82 bits per heavy atom. The number of rotatable bonds is 6. The van der Waals surface area contributed by atoms with Gasteiger partial charge in [0.15, 0.2) is 10.9 Å². The Hall–Kier alpha value is -3.03. The van der Waals surface area contributed by atoms with Crippen molar-refractivity contribution in [2.45, 2.75) is 39.3 Å². The number of carbonyl (C=O) groups is 1. The number of unbranched alkanes of at least 4 members (excludes halogenated alkanes) is 2. The Morgan fingerprint density at radius 2 is 1.97 bits per heavy atom. The number of hydrazone groups is 1. The topological polar surface area (TPSA) is 70.2 Å². The minimum Gasteiger partial charge on any atom is -0.457 e. The van der Waals surface area contributed by atoms with Gasteiger partial charge in [-0.05, 0) is 43.2 Å². The van der Waals surface area contributed by atoms with Crippen LogP contribution >= 0.6 is 23.4 Å². The lowest BCUT2D eigenvalue weighted by Crippen LogP contribution is -2.50. The molecule has 0 saturated heterocycles. The van der Waals surface area contributed by atoms with E-state index in [9.17, 15) is 4.79 Å². The number of hydrogen-bond donors (Lipinski definition) is 1. The van der Waals surface area contributed by atoms with E-state index in [4.69, 9.17) is 26.1 Å².